The van der Waals surface area contributed by atoms with Crippen molar-refractivity contribution in [2.45, 2.75) is 51.1 Å². The molecule has 3 radical (unpaired) electrons. The quantitative estimate of drug-likeness (QED) is 0.341. The molecule has 0 bridgehead atoms. The highest BCUT2D eigenvalue weighted by atomic mass is 28.1. The van der Waals surface area contributed by atoms with Crippen LogP contribution in [-0.4, -0.2) is 35.4 Å². The molecule has 0 unspecified atom stereocenters. The van der Waals surface area contributed by atoms with Crippen molar-refractivity contribution < 1.29 is 4.48 Å². The minimum atomic E-state index is 1.10. The smallest absolute Gasteiger partial charge is 0.104 e. The Morgan fingerprint density at radius 3 is 2.05 bits per heavy atom. The zero-order valence-electron chi connectivity index (χ0n) is 12.7. The molecule has 1 aromatic carbocycles. The first-order valence-electron chi connectivity index (χ1n) is 7.64. The standard InChI is InChI=1S/C17H29NSi/c1-18(2,16-17-12-8-7-9-13-17)14-10-5-3-4-6-11-15-19/h7-9,12-13H,3-6,10-11,14-16H2,1-2H3/q+1. The van der Waals surface area contributed by atoms with Gasteiger partial charge < -0.3 is 4.48 Å². The van der Waals surface area contributed by atoms with E-state index in [0.29, 0.717) is 0 Å². The second-order valence-electron chi connectivity index (χ2n) is 6.17. The first-order valence-corrected chi connectivity index (χ1v) is 8.35. The highest BCUT2D eigenvalue weighted by Gasteiger charge is 2.14. The molecule has 1 aromatic rings. The highest BCUT2D eigenvalue weighted by Crippen LogP contribution is 2.12. The predicted octanol–water partition coefficient (Wildman–Crippen LogP) is 4.19. The lowest BCUT2D eigenvalue weighted by atomic mass is 10.1. The van der Waals surface area contributed by atoms with Crippen molar-refractivity contribution >= 4 is 10.2 Å². The van der Waals surface area contributed by atoms with E-state index in [1.807, 2.05) is 0 Å². The van der Waals surface area contributed by atoms with Gasteiger partial charge in [-0.3, -0.25) is 0 Å². The van der Waals surface area contributed by atoms with Gasteiger partial charge in [0.05, 0.1) is 20.6 Å². The maximum atomic E-state index is 3.53. The number of hydrogen-bond donors (Lipinski definition) is 0. The Morgan fingerprint density at radius 1 is 0.842 bits per heavy atom. The lowest BCUT2D eigenvalue weighted by Gasteiger charge is -2.30. The fraction of sp³-hybridized carbons (Fsp3) is 0.647. The molecule has 0 N–H and O–H groups in total. The van der Waals surface area contributed by atoms with Crippen LogP contribution in [0, 0.1) is 0 Å². The number of rotatable bonds is 10. The van der Waals surface area contributed by atoms with Crippen LogP contribution in [0.3, 0.4) is 0 Å². The first-order chi connectivity index (χ1) is 9.14. The van der Waals surface area contributed by atoms with E-state index in [-0.39, 0.29) is 0 Å². The largest absolute Gasteiger partial charge is 0.325 e. The van der Waals surface area contributed by atoms with Gasteiger partial charge >= 0.3 is 0 Å². The molecule has 0 spiro atoms. The molecule has 0 saturated carbocycles. The van der Waals surface area contributed by atoms with E-state index in [1.54, 1.807) is 0 Å². The summed E-state index contributed by atoms with van der Waals surface area (Å²) in [6, 6.07) is 12.0. The molecule has 105 valence electrons. The summed E-state index contributed by atoms with van der Waals surface area (Å²) in [5, 5.41) is 0. The molecule has 1 nitrogen and oxygen atoms in total. The second kappa shape index (κ2) is 9.32. The van der Waals surface area contributed by atoms with Crippen molar-refractivity contribution in [1.29, 1.82) is 0 Å². The minimum Gasteiger partial charge on any atom is -0.325 e. The SMILES string of the molecule is C[N+](C)(CCCCCCCC[Si])Cc1ccccc1. The van der Waals surface area contributed by atoms with E-state index in [9.17, 15) is 0 Å². The third kappa shape index (κ3) is 8.22. The average Bonchev–Trinajstić information content (AvgIpc) is 2.38. The summed E-state index contributed by atoms with van der Waals surface area (Å²) >= 11 is 0. The third-order valence-corrected chi connectivity index (χ3v) is 4.00. The van der Waals surface area contributed by atoms with E-state index in [1.165, 1.54) is 50.6 Å². The summed E-state index contributed by atoms with van der Waals surface area (Å²) < 4.78 is 1.10. The van der Waals surface area contributed by atoms with E-state index in [4.69, 9.17) is 0 Å². The number of quaternary nitrogens is 1. The Morgan fingerprint density at radius 2 is 1.42 bits per heavy atom. The van der Waals surface area contributed by atoms with Crippen molar-refractivity contribution in [2.24, 2.45) is 0 Å². The Hall–Kier alpha value is -0.603. The molecule has 0 atom stereocenters. The van der Waals surface area contributed by atoms with Crippen LogP contribution in [0.5, 0.6) is 0 Å². The topological polar surface area (TPSA) is 0 Å². The van der Waals surface area contributed by atoms with Crippen LogP contribution in [0.25, 0.3) is 0 Å². The van der Waals surface area contributed by atoms with Gasteiger partial charge in [-0.25, -0.2) is 0 Å². The van der Waals surface area contributed by atoms with Gasteiger partial charge in [0, 0.05) is 15.8 Å². The summed E-state index contributed by atoms with van der Waals surface area (Å²) in [6.07, 6.45) is 8.25. The van der Waals surface area contributed by atoms with Crippen molar-refractivity contribution in [2.75, 3.05) is 20.6 Å². The monoisotopic (exact) mass is 275 g/mol. The third-order valence-electron chi connectivity index (χ3n) is 3.64. The summed E-state index contributed by atoms with van der Waals surface area (Å²) in [5.74, 6) is 0. The van der Waals surface area contributed by atoms with E-state index >= 15 is 0 Å². The normalized spacial score (nSPS) is 11.7. The molecule has 0 fully saturated rings. The average molecular weight is 276 g/mol. The number of unbranched alkanes of at least 4 members (excludes halogenated alkanes) is 5. The molecule has 0 heterocycles. The predicted molar refractivity (Wildman–Crippen MR) is 85.4 cm³/mol. The molecule has 0 amide bonds. The number of nitrogens with zero attached hydrogens (tertiary/aromatic N) is 1. The van der Waals surface area contributed by atoms with Crippen LogP contribution in [-0.2, 0) is 6.54 Å². The molecule has 0 aromatic heterocycles. The molecular formula is C17H29NSi+. The first kappa shape index (κ1) is 16.5. The Labute approximate surface area is 123 Å². The van der Waals surface area contributed by atoms with Gasteiger partial charge in [0.25, 0.3) is 0 Å². The van der Waals surface area contributed by atoms with E-state index in [2.05, 4.69) is 54.7 Å². The van der Waals surface area contributed by atoms with Gasteiger partial charge in [-0.2, -0.15) is 0 Å². The van der Waals surface area contributed by atoms with Crippen molar-refractivity contribution in [3.8, 4) is 0 Å². The number of hydrogen-bond acceptors (Lipinski definition) is 0. The second-order valence-corrected chi connectivity index (χ2v) is 6.67. The van der Waals surface area contributed by atoms with Crippen molar-refractivity contribution in [1.82, 2.24) is 0 Å². The molecule has 0 aliphatic rings. The van der Waals surface area contributed by atoms with Crippen molar-refractivity contribution in [3.05, 3.63) is 35.9 Å². The van der Waals surface area contributed by atoms with Gasteiger partial charge in [-0.1, -0.05) is 62.1 Å². The van der Waals surface area contributed by atoms with E-state index < -0.39 is 0 Å². The zero-order valence-corrected chi connectivity index (χ0v) is 13.7. The molecule has 1 rings (SSSR count). The molecule has 19 heavy (non-hydrogen) atoms. The summed E-state index contributed by atoms with van der Waals surface area (Å²) in [7, 11) is 8.22. The fourth-order valence-electron chi connectivity index (χ4n) is 2.53. The van der Waals surface area contributed by atoms with Crippen LogP contribution in [0.1, 0.15) is 44.1 Å². The lowest BCUT2D eigenvalue weighted by Crippen LogP contribution is -2.39. The zero-order chi connectivity index (χ0) is 14.0. The maximum absolute atomic E-state index is 3.53. The molecule has 2 heteroatoms. The van der Waals surface area contributed by atoms with Crippen LogP contribution in [0.4, 0.5) is 0 Å². The minimum absolute atomic E-state index is 1.10. The Balaban J connectivity index is 2.13. The van der Waals surface area contributed by atoms with Crippen LogP contribution < -0.4 is 0 Å². The van der Waals surface area contributed by atoms with Crippen LogP contribution >= 0.6 is 0 Å². The molecule has 0 aliphatic heterocycles. The Bertz CT molecular complexity index is 321. The summed E-state index contributed by atoms with van der Waals surface area (Å²) in [5.41, 5.74) is 1.45. The maximum Gasteiger partial charge on any atom is 0.104 e. The summed E-state index contributed by atoms with van der Waals surface area (Å²) in [6.45, 7) is 2.43. The lowest BCUT2D eigenvalue weighted by molar-refractivity contribution is -0.903. The Kier molecular flexibility index (Phi) is 8.07. The molecule has 0 aliphatic carbocycles. The van der Waals surface area contributed by atoms with Gasteiger partial charge in [-0.15, -0.1) is 0 Å². The van der Waals surface area contributed by atoms with Crippen molar-refractivity contribution in [3.63, 3.8) is 0 Å². The molecular weight excluding hydrogens is 246 g/mol. The highest BCUT2D eigenvalue weighted by molar-refractivity contribution is 6.08. The van der Waals surface area contributed by atoms with E-state index in [0.717, 1.165) is 17.1 Å². The molecule has 0 saturated heterocycles. The van der Waals surface area contributed by atoms with Crippen LogP contribution in [0.15, 0.2) is 30.3 Å². The van der Waals surface area contributed by atoms with Gasteiger partial charge in [-0.05, 0) is 12.8 Å². The summed E-state index contributed by atoms with van der Waals surface area (Å²) in [4.78, 5) is 0. The number of benzene rings is 1. The van der Waals surface area contributed by atoms with Crippen LogP contribution in [0.2, 0.25) is 6.04 Å². The van der Waals surface area contributed by atoms with Gasteiger partial charge in [0.1, 0.15) is 6.54 Å². The fourth-order valence-corrected chi connectivity index (χ4v) is 2.78. The van der Waals surface area contributed by atoms with Gasteiger partial charge in [0.15, 0.2) is 0 Å². The van der Waals surface area contributed by atoms with Gasteiger partial charge in [0.2, 0.25) is 0 Å².